The second-order valence-corrected chi connectivity index (χ2v) is 8.71. The number of benzene rings is 1. The Labute approximate surface area is 153 Å². The van der Waals surface area contributed by atoms with Gasteiger partial charge in [-0.25, -0.2) is 13.5 Å². The number of amides is 1. The molecule has 2 N–H and O–H groups in total. The van der Waals surface area contributed by atoms with Crippen molar-refractivity contribution in [2.75, 3.05) is 11.9 Å². The molecule has 1 aliphatic heterocycles. The van der Waals surface area contributed by atoms with Crippen LogP contribution < -0.4 is 5.32 Å². The molecule has 1 aliphatic rings. The number of nitrogens with zero attached hydrogens (tertiary/aromatic N) is 3. The van der Waals surface area contributed by atoms with E-state index in [-0.39, 0.29) is 16.4 Å². The van der Waals surface area contributed by atoms with E-state index < -0.39 is 15.9 Å². The van der Waals surface area contributed by atoms with Gasteiger partial charge in [-0.3, -0.25) is 10.1 Å². The molecular weight excluding hydrogens is 374 g/mol. The van der Waals surface area contributed by atoms with Crippen LogP contribution in [0, 0.1) is 0 Å². The van der Waals surface area contributed by atoms with E-state index in [4.69, 9.17) is 0 Å². The second-order valence-electron chi connectivity index (χ2n) is 5.77. The van der Waals surface area contributed by atoms with Gasteiger partial charge in [-0.05, 0) is 41.6 Å². The zero-order valence-corrected chi connectivity index (χ0v) is 15.2. The van der Waals surface area contributed by atoms with Crippen molar-refractivity contribution in [1.29, 1.82) is 0 Å². The van der Waals surface area contributed by atoms with Crippen molar-refractivity contribution < 1.29 is 13.2 Å². The van der Waals surface area contributed by atoms with Crippen molar-refractivity contribution in [1.82, 2.24) is 19.5 Å². The number of hydrogen-bond acceptors (Lipinski definition) is 6. The van der Waals surface area contributed by atoms with Crippen LogP contribution in [-0.2, 0) is 23.0 Å². The van der Waals surface area contributed by atoms with Gasteiger partial charge in [0.15, 0.2) is 0 Å². The average Bonchev–Trinajstić information content (AvgIpc) is 3.32. The van der Waals surface area contributed by atoms with E-state index in [1.54, 1.807) is 23.5 Å². The summed E-state index contributed by atoms with van der Waals surface area (Å²) in [6.07, 6.45) is 1.98. The third kappa shape index (κ3) is 3.14. The van der Waals surface area contributed by atoms with Crippen molar-refractivity contribution in [2.45, 2.75) is 17.9 Å². The summed E-state index contributed by atoms with van der Waals surface area (Å²) in [6, 6.07) is 7.96. The second kappa shape index (κ2) is 6.63. The molecule has 26 heavy (non-hydrogen) atoms. The molecule has 4 rings (SSSR count). The highest BCUT2D eigenvalue weighted by Crippen LogP contribution is 2.28. The maximum Gasteiger partial charge on any atom is 0.258 e. The van der Waals surface area contributed by atoms with E-state index in [2.05, 4.69) is 20.5 Å². The van der Waals surface area contributed by atoms with Crippen LogP contribution in [0.5, 0.6) is 0 Å². The fraction of sp³-hybridized carbons (Fsp3) is 0.188. The number of sulfonamides is 1. The first kappa shape index (κ1) is 16.9. The van der Waals surface area contributed by atoms with Gasteiger partial charge in [0.25, 0.3) is 5.91 Å². The topological polar surface area (TPSA) is 108 Å². The average molecular weight is 389 g/mol. The molecule has 0 fully saturated rings. The highest BCUT2D eigenvalue weighted by Gasteiger charge is 2.29. The number of hydrogen-bond donors (Lipinski definition) is 2. The van der Waals surface area contributed by atoms with Crippen molar-refractivity contribution >= 4 is 33.2 Å². The van der Waals surface area contributed by atoms with E-state index in [0.717, 1.165) is 5.56 Å². The van der Waals surface area contributed by atoms with E-state index >= 15 is 0 Å². The first-order valence-electron chi connectivity index (χ1n) is 7.86. The number of aromatic nitrogens is 3. The molecule has 0 saturated heterocycles. The van der Waals surface area contributed by atoms with Gasteiger partial charge in [0.2, 0.25) is 16.0 Å². The van der Waals surface area contributed by atoms with Crippen LogP contribution in [0.15, 0.2) is 46.9 Å². The van der Waals surface area contributed by atoms with Gasteiger partial charge in [-0.2, -0.15) is 14.4 Å². The predicted molar refractivity (Wildman–Crippen MR) is 96.4 cm³/mol. The molecule has 0 saturated carbocycles. The van der Waals surface area contributed by atoms with Gasteiger partial charge >= 0.3 is 0 Å². The Hall–Kier alpha value is -2.56. The summed E-state index contributed by atoms with van der Waals surface area (Å²) in [5.41, 5.74) is 1.28. The van der Waals surface area contributed by atoms with Crippen LogP contribution in [0.1, 0.15) is 20.8 Å². The number of thiophene rings is 1. The lowest BCUT2D eigenvalue weighted by atomic mass is 10.1. The normalized spacial score (nSPS) is 14.8. The zero-order valence-electron chi connectivity index (χ0n) is 13.5. The lowest BCUT2D eigenvalue weighted by Crippen LogP contribution is -2.35. The van der Waals surface area contributed by atoms with Crippen LogP contribution in [0.2, 0.25) is 0 Å². The highest BCUT2D eigenvalue weighted by atomic mass is 32.2. The molecule has 1 amide bonds. The number of fused-ring (bicyclic) bond motifs is 1. The smallest absolute Gasteiger partial charge is 0.258 e. The number of anilines is 1. The number of carbonyl (C=O) groups excluding carboxylic acids is 1. The fourth-order valence-electron chi connectivity index (χ4n) is 2.82. The SMILES string of the molecule is O=C(Nc1ncn[nH]1)c1cccc(S(=O)(=O)N2CCc3sccc3C2)c1. The quantitative estimate of drug-likeness (QED) is 0.708. The molecule has 0 atom stereocenters. The summed E-state index contributed by atoms with van der Waals surface area (Å²) in [5.74, 6) is -0.262. The maximum atomic E-state index is 13.0. The van der Waals surface area contributed by atoms with Gasteiger partial charge in [0.1, 0.15) is 6.33 Å². The van der Waals surface area contributed by atoms with Crippen molar-refractivity contribution in [3.05, 3.63) is 58.0 Å². The van der Waals surface area contributed by atoms with E-state index in [1.165, 1.54) is 27.6 Å². The van der Waals surface area contributed by atoms with Crippen molar-refractivity contribution in [2.24, 2.45) is 0 Å². The summed E-state index contributed by atoms with van der Waals surface area (Å²) >= 11 is 1.65. The summed E-state index contributed by atoms with van der Waals surface area (Å²) in [4.78, 5) is 17.4. The van der Waals surface area contributed by atoms with Gasteiger partial charge in [-0.1, -0.05) is 6.07 Å². The minimum absolute atomic E-state index is 0.0985. The molecule has 2 aromatic heterocycles. The van der Waals surface area contributed by atoms with E-state index in [1.807, 2.05) is 11.4 Å². The minimum Gasteiger partial charge on any atom is -0.291 e. The maximum absolute atomic E-state index is 13.0. The summed E-state index contributed by atoms with van der Waals surface area (Å²) in [5, 5.41) is 10.7. The van der Waals surface area contributed by atoms with Crippen LogP contribution in [-0.4, -0.2) is 40.4 Å². The fourth-order valence-corrected chi connectivity index (χ4v) is 5.17. The number of carbonyl (C=O) groups is 1. The molecule has 0 spiro atoms. The molecule has 1 aromatic carbocycles. The first-order valence-corrected chi connectivity index (χ1v) is 10.2. The van der Waals surface area contributed by atoms with Gasteiger partial charge in [0.05, 0.1) is 4.90 Å². The van der Waals surface area contributed by atoms with Gasteiger partial charge < -0.3 is 0 Å². The van der Waals surface area contributed by atoms with E-state index in [9.17, 15) is 13.2 Å². The zero-order chi connectivity index (χ0) is 18.1. The summed E-state index contributed by atoms with van der Waals surface area (Å²) < 4.78 is 27.4. The minimum atomic E-state index is -3.68. The Kier molecular flexibility index (Phi) is 4.31. The molecule has 0 aliphatic carbocycles. The molecular formula is C16H15N5O3S2. The molecule has 3 heterocycles. The van der Waals surface area contributed by atoms with Gasteiger partial charge in [0, 0.05) is 23.5 Å². The molecule has 134 valence electrons. The largest absolute Gasteiger partial charge is 0.291 e. The van der Waals surface area contributed by atoms with Gasteiger partial charge in [-0.15, -0.1) is 11.3 Å². The molecule has 3 aromatic rings. The van der Waals surface area contributed by atoms with Crippen molar-refractivity contribution in [3.8, 4) is 0 Å². The first-order chi connectivity index (χ1) is 12.5. The standard InChI is InChI=1S/C16H15N5O3S2/c22-15(19-16-17-10-18-20-16)11-2-1-3-13(8-11)26(23,24)21-6-4-14-12(9-21)5-7-25-14/h1-3,5,7-8,10H,4,6,9H2,(H2,17,18,19,20,22). The lowest BCUT2D eigenvalue weighted by Gasteiger charge is -2.26. The molecule has 10 heteroatoms. The third-order valence-electron chi connectivity index (χ3n) is 4.15. The number of nitrogens with one attached hydrogen (secondary N) is 2. The number of H-pyrrole nitrogens is 1. The molecule has 0 radical (unpaired) electrons. The van der Waals surface area contributed by atoms with Crippen LogP contribution in [0.4, 0.5) is 5.95 Å². The summed E-state index contributed by atoms with van der Waals surface area (Å²) in [7, 11) is -3.68. The van der Waals surface area contributed by atoms with E-state index in [0.29, 0.717) is 19.5 Å². The third-order valence-corrected chi connectivity index (χ3v) is 7.02. The van der Waals surface area contributed by atoms with Crippen LogP contribution in [0.25, 0.3) is 0 Å². The molecule has 0 bridgehead atoms. The van der Waals surface area contributed by atoms with Crippen LogP contribution >= 0.6 is 11.3 Å². The lowest BCUT2D eigenvalue weighted by molar-refractivity contribution is 0.102. The molecule has 8 nitrogen and oxygen atoms in total. The molecule has 0 unspecified atom stereocenters. The van der Waals surface area contributed by atoms with Crippen molar-refractivity contribution in [3.63, 3.8) is 0 Å². The Balaban J connectivity index is 1.58. The number of rotatable bonds is 4. The predicted octanol–water partition coefficient (Wildman–Crippen LogP) is 1.87. The Morgan fingerprint density at radius 3 is 3.00 bits per heavy atom. The Morgan fingerprint density at radius 1 is 1.31 bits per heavy atom. The summed E-state index contributed by atoms with van der Waals surface area (Å²) in [6.45, 7) is 0.792. The Morgan fingerprint density at radius 2 is 2.19 bits per heavy atom. The Bertz CT molecular complexity index is 1040. The highest BCUT2D eigenvalue weighted by molar-refractivity contribution is 7.89. The van der Waals surface area contributed by atoms with Crippen LogP contribution in [0.3, 0.4) is 0 Å². The monoisotopic (exact) mass is 389 g/mol. The number of aromatic amines is 1.